The van der Waals surface area contributed by atoms with Crippen LogP contribution in [0, 0.1) is 0 Å². The summed E-state index contributed by atoms with van der Waals surface area (Å²) in [5, 5.41) is 6.95. The number of unbranched alkanes of at least 4 members (excludes halogenated alkanes) is 1. The fourth-order valence-electron chi connectivity index (χ4n) is 2.95. The van der Waals surface area contributed by atoms with E-state index in [0.717, 1.165) is 25.5 Å². The number of halogens is 1. The second kappa shape index (κ2) is 11.5. The van der Waals surface area contributed by atoms with E-state index in [-0.39, 0.29) is 24.0 Å². The third-order valence-corrected chi connectivity index (χ3v) is 4.33. The second-order valence-electron chi connectivity index (χ2n) is 6.09. The average molecular weight is 430 g/mol. The molecule has 1 fully saturated rings. The molecule has 0 unspecified atom stereocenters. The maximum Gasteiger partial charge on any atom is 0.191 e. The molecule has 2 N–H and O–H groups in total. The second-order valence-corrected chi connectivity index (χ2v) is 6.09. The lowest BCUT2D eigenvalue weighted by atomic mass is 10.2. The highest BCUT2D eigenvalue weighted by Crippen LogP contribution is 2.17. The predicted octanol–water partition coefficient (Wildman–Crippen LogP) is 3.63. The summed E-state index contributed by atoms with van der Waals surface area (Å²) in [7, 11) is 4.01. The van der Waals surface area contributed by atoms with E-state index in [1.165, 1.54) is 37.8 Å². The van der Waals surface area contributed by atoms with E-state index in [1.54, 1.807) is 0 Å². The Hall–Kier alpha value is -0.980. The first-order valence-electron chi connectivity index (χ1n) is 8.53. The molecule has 0 aliphatic heterocycles. The number of hydrogen-bond acceptors (Lipinski definition) is 2. The minimum atomic E-state index is 0. The van der Waals surface area contributed by atoms with Crippen molar-refractivity contribution in [1.82, 2.24) is 10.6 Å². The van der Waals surface area contributed by atoms with Gasteiger partial charge >= 0.3 is 0 Å². The molecule has 1 aliphatic rings. The van der Waals surface area contributed by atoms with Gasteiger partial charge in [-0.25, -0.2) is 0 Å². The maximum absolute atomic E-state index is 4.32. The quantitative estimate of drug-likeness (QED) is 0.301. The van der Waals surface area contributed by atoms with Gasteiger partial charge in [0.1, 0.15) is 0 Å². The highest BCUT2D eigenvalue weighted by Gasteiger charge is 2.15. The van der Waals surface area contributed by atoms with E-state index in [2.05, 4.69) is 57.9 Å². The van der Waals surface area contributed by atoms with Gasteiger partial charge in [-0.3, -0.25) is 4.99 Å². The zero-order valence-electron chi connectivity index (χ0n) is 14.4. The van der Waals surface area contributed by atoms with Crippen LogP contribution in [0.2, 0.25) is 0 Å². The van der Waals surface area contributed by atoms with E-state index in [4.69, 9.17) is 0 Å². The summed E-state index contributed by atoms with van der Waals surface area (Å²) >= 11 is 0. The summed E-state index contributed by atoms with van der Waals surface area (Å²) in [5.74, 6) is 0.961. The van der Waals surface area contributed by atoms with Crippen molar-refractivity contribution in [2.45, 2.75) is 44.6 Å². The first-order valence-corrected chi connectivity index (χ1v) is 8.53. The van der Waals surface area contributed by atoms with Gasteiger partial charge in [0, 0.05) is 38.9 Å². The molecule has 1 aliphatic carbocycles. The van der Waals surface area contributed by atoms with Crippen LogP contribution in [0.1, 0.15) is 38.5 Å². The number of nitrogens with one attached hydrogen (secondary N) is 2. The SMILES string of the molecule is CN=C(NCCCCN(C)c1ccccc1)NC1CCCC1.I. The molecule has 5 heteroatoms. The van der Waals surface area contributed by atoms with Crippen molar-refractivity contribution >= 4 is 35.6 Å². The number of anilines is 1. The molecule has 0 heterocycles. The summed E-state index contributed by atoms with van der Waals surface area (Å²) in [6.45, 7) is 2.06. The lowest BCUT2D eigenvalue weighted by Gasteiger charge is -2.20. The van der Waals surface area contributed by atoms with Crippen molar-refractivity contribution < 1.29 is 0 Å². The van der Waals surface area contributed by atoms with Gasteiger partial charge in [-0.15, -0.1) is 24.0 Å². The molecule has 130 valence electrons. The Morgan fingerprint density at radius 3 is 2.52 bits per heavy atom. The number of benzene rings is 1. The zero-order chi connectivity index (χ0) is 15.6. The number of guanidine groups is 1. The fraction of sp³-hybridized carbons (Fsp3) is 0.611. The van der Waals surface area contributed by atoms with Crippen LogP contribution < -0.4 is 15.5 Å². The molecule has 1 aromatic carbocycles. The summed E-state index contributed by atoms with van der Waals surface area (Å²) < 4.78 is 0. The van der Waals surface area contributed by atoms with Gasteiger partial charge in [0.2, 0.25) is 0 Å². The molecule has 4 nitrogen and oxygen atoms in total. The Morgan fingerprint density at radius 2 is 1.87 bits per heavy atom. The molecule has 1 aromatic rings. The Morgan fingerprint density at radius 1 is 1.17 bits per heavy atom. The molecule has 23 heavy (non-hydrogen) atoms. The molecule has 0 aromatic heterocycles. The van der Waals surface area contributed by atoms with Gasteiger partial charge in [-0.2, -0.15) is 0 Å². The monoisotopic (exact) mass is 430 g/mol. The van der Waals surface area contributed by atoms with E-state index in [0.29, 0.717) is 6.04 Å². The van der Waals surface area contributed by atoms with Crippen molar-refractivity contribution in [3.05, 3.63) is 30.3 Å². The molecule has 0 spiro atoms. The summed E-state index contributed by atoms with van der Waals surface area (Å²) in [4.78, 5) is 6.63. The fourth-order valence-corrected chi connectivity index (χ4v) is 2.95. The van der Waals surface area contributed by atoms with Gasteiger partial charge < -0.3 is 15.5 Å². The van der Waals surface area contributed by atoms with Gasteiger partial charge in [0.05, 0.1) is 0 Å². The average Bonchev–Trinajstić information content (AvgIpc) is 3.07. The summed E-state index contributed by atoms with van der Waals surface area (Å²) in [6, 6.07) is 11.2. The summed E-state index contributed by atoms with van der Waals surface area (Å²) in [5.41, 5.74) is 1.29. The highest BCUT2D eigenvalue weighted by molar-refractivity contribution is 14.0. The van der Waals surface area contributed by atoms with Crippen molar-refractivity contribution in [3.63, 3.8) is 0 Å². The van der Waals surface area contributed by atoms with E-state index < -0.39 is 0 Å². The van der Waals surface area contributed by atoms with Crippen LogP contribution in [-0.4, -0.2) is 39.2 Å². The first kappa shape index (κ1) is 20.1. The van der Waals surface area contributed by atoms with Crippen LogP contribution in [0.3, 0.4) is 0 Å². The molecule has 0 amide bonds. The van der Waals surface area contributed by atoms with Crippen LogP contribution >= 0.6 is 24.0 Å². The van der Waals surface area contributed by atoms with Crippen molar-refractivity contribution in [1.29, 1.82) is 0 Å². The molecule has 0 radical (unpaired) electrons. The van der Waals surface area contributed by atoms with Crippen LogP contribution in [0.4, 0.5) is 5.69 Å². The predicted molar refractivity (Wildman–Crippen MR) is 111 cm³/mol. The zero-order valence-corrected chi connectivity index (χ0v) is 16.8. The number of aliphatic imine (C=N–C) groups is 1. The van der Waals surface area contributed by atoms with Crippen LogP contribution in [0.5, 0.6) is 0 Å². The molecule has 0 atom stereocenters. The van der Waals surface area contributed by atoms with Gasteiger partial charge in [0.15, 0.2) is 5.96 Å². The van der Waals surface area contributed by atoms with E-state index in [9.17, 15) is 0 Å². The summed E-state index contributed by atoms with van der Waals surface area (Å²) in [6.07, 6.45) is 7.59. The first-order chi connectivity index (χ1) is 10.8. The number of hydrogen-bond donors (Lipinski definition) is 2. The van der Waals surface area contributed by atoms with Gasteiger partial charge in [-0.1, -0.05) is 31.0 Å². The highest BCUT2D eigenvalue weighted by atomic mass is 127. The number of para-hydroxylation sites is 1. The molecular formula is C18H31IN4. The minimum Gasteiger partial charge on any atom is -0.375 e. The normalized spacial score (nSPS) is 15.1. The Balaban J connectivity index is 0.00000264. The molecule has 1 saturated carbocycles. The molecule has 2 rings (SSSR count). The minimum absolute atomic E-state index is 0. The smallest absolute Gasteiger partial charge is 0.191 e. The van der Waals surface area contributed by atoms with E-state index in [1.807, 2.05) is 7.05 Å². The molecule has 0 saturated heterocycles. The van der Waals surface area contributed by atoms with Crippen molar-refractivity contribution in [2.24, 2.45) is 4.99 Å². The van der Waals surface area contributed by atoms with E-state index >= 15 is 0 Å². The third-order valence-electron chi connectivity index (χ3n) is 4.33. The molecular weight excluding hydrogens is 399 g/mol. The van der Waals surface area contributed by atoms with Gasteiger partial charge in [0.25, 0.3) is 0 Å². The Kier molecular flexibility index (Phi) is 10.1. The lowest BCUT2D eigenvalue weighted by molar-refractivity contribution is 0.607. The number of nitrogens with zero attached hydrogens (tertiary/aromatic N) is 2. The van der Waals surface area contributed by atoms with Gasteiger partial charge in [-0.05, 0) is 37.8 Å². The number of rotatable bonds is 7. The van der Waals surface area contributed by atoms with Crippen molar-refractivity contribution in [2.75, 3.05) is 32.1 Å². The standard InChI is InChI=1S/C18H30N4.HI/c1-19-18(21-16-10-6-7-11-16)20-14-8-9-15-22(2)17-12-4-3-5-13-17;/h3-5,12-13,16H,6-11,14-15H2,1-2H3,(H2,19,20,21);1H. The Labute approximate surface area is 158 Å². The lowest BCUT2D eigenvalue weighted by Crippen LogP contribution is -2.42. The van der Waals surface area contributed by atoms with Crippen LogP contribution in [-0.2, 0) is 0 Å². The largest absolute Gasteiger partial charge is 0.375 e. The molecule has 0 bridgehead atoms. The van der Waals surface area contributed by atoms with Crippen molar-refractivity contribution in [3.8, 4) is 0 Å². The maximum atomic E-state index is 4.32. The topological polar surface area (TPSA) is 39.7 Å². The Bertz CT molecular complexity index is 444. The van der Waals surface area contributed by atoms with Crippen LogP contribution in [0.25, 0.3) is 0 Å². The van der Waals surface area contributed by atoms with Crippen LogP contribution in [0.15, 0.2) is 35.3 Å². The third kappa shape index (κ3) is 7.42.